The van der Waals surface area contributed by atoms with E-state index < -0.39 is 17.7 Å². The molecule has 0 unspecified atom stereocenters. The summed E-state index contributed by atoms with van der Waals surface area (Å²) in [7, 11) is 0. The maximum atomic E-state index is 13.7. The molecule has 0 spiro atoms. The molecule has 1 N–H and O–H groups in total. The second-order valence-electron chi connectivity index (χ2n) is 10.4. The van der Waals surface area contributed by atoms with Crippen LogP contribution in [-0.2, 0) is 16.0 Å². The van der Waals surface area contributed by atoms with Gasteiger partial charge in [-0.3, -0.25) is 14.5 Å². The summed E-state index contributed by atoms with van der Waals surface area (Å²) in [5, 5.41) is 12.0. The van der Waals surface area contributed by atoms with E-state index in [0.29, 0.717) is 35.0 Å². The molecular formula is C32H30N2O5S. The van der Waals surface area contributed by atoms with E-state index >= 15 is 0 Å². The summed E-state index contributed by atoms with van der Waals surface area (Å²) in [4.78, 5) is 33.4. The number of aliphatic hydroxyl groups excluding tert-OH is 1. The molecule has 1 amide bonds. The number of fused-ring (bicyclic) bond motifs is 2. The molecule has 1 aromatic heterocycles. The maximum absolute atomic E-state index is 13.7. The van der Waals surface area contributed by atoms with Crippen molar-refractivity contribution in [2.75, 3.05) is 11.5 Å². The van der Waals surface area contributed by atoms with E-state index in [1.54, 1.807) is 12.1 Å². The normalized spacial score (nSPS) is 19.7. The molecule has 7 nitrogen and oxygen atoms in total. The first-order valence-corrected chi connectivity index (χ1v) is 14.4. The molecular weight excluding hydrogens is 524 g/mol. The van der Waals surface area contributed by atoms with Gasteiger partial charge in [-0.05, 0) is 79.4 Å². The average Bonchev–Trinajstić information content (AvgIpc) is 3.60. The lowest BCUT2D eigenvalue weighted by atomic mass is 9.94. The van der Waals surface area contributed by atoms with Crippen LogP contribution in [0.4, 0.5) is 5.13 Å². The van der Waals surface area contributed by atoms with Gasteiger partial charge in [-0.1, -0.05) is 42.9 Å². The third kappa shape index (κ3) is 4.62. The molecule has 6 rings (SSSR count). The Hall–Kier alpha value is -4.17. The van der Waals surface area contributed by atoms with Crippen molar-refractivity contribution in [3.8, 4) is 11.5 Å². The third-order valence-corrected chi connectivity index (χ3v) is 8.31. The summed E-state index contributed by atoms with van der Waals surface area (Å²) in [5.74, 6) is -0.288. The highest BCUT2D eigenvalue weighted by Gasteiger charge is 2.48. The number of hydrogen-bond acceptors (Lipinski definition) is 7. The van der Waals surface area contributed by atoms with Crippen molar-refractivity contribution in [1.29, 1.82) is 0 Å². The Labute approximate surface area is 236 Å². The van der Waals surface area contributed by atoms with Crippen LogP contribution in [-0.4, -0.2) is 34.5 Å². The number of benzene rings is 3. The number of thiazole rings is 1. The zero-order chi connectivity index (χ0) is 28.0. The molecule has 3 aromatic carbocycles. The lowest BCUT2D eigenvalue weighted by molar-refractivity contribution is -0.132. The van der Waals surface area contributed by atoms with Crippen LogP contribution in [0.3, 0.4) is 0 Å². The van der Waals surface area contributed by atoms with Gasteiger partial charge < -0.3 is 14.6 Å². The van der Waals surface area contributed by atoms with Gasteiger partial charge in [0.1, 0.15) is 23.4 Å². The second kappa shape index (κ2) is 10.4. The first kappa shape index (κ1) is 26.1. The Bertz CT molecular complexity index is 1670. The highest BCUT2D eigenvalue weighted by Crippen LogP contribution is 2.45. The number of carbonyl (C=O) groups is 2. The minimum absolute atomic E-state index is 0.0260. The van der Waals surface area contributed by atoms with Crippen LogP contribution >= 0.6 is 11.3 Å². The predicted octanol–water partition coefficient (Wildman–Crippen LogP) is 6.73. The number of aryl methyl sites for hydroxylation is 1. The minimum atomic E-state index is -0.875. The summed E-state index contributed by atoms with van der Waals surface area (Å²) >= 11 is 1.35. The number of carbonyl (C=O) groups excluding carboxylic acids is 2. The number of aromatic nitrogens is 1. The van der Waals surface area contributed by atoms with Gasteiger partial charge in [-0.2, -0.15) is 0 Å². The SMILES string of the molecule is CCCCOc1cccc([C@@H]2/C(=C(\O)c3ccc4c(c3)C[C@H](C)O4)C(=O)C(=O)N2c2nc3ccc(C)cc3s2)c1. The Balaban J connectivity index is 1.50. The molecule has 0 radical (unpaired) electrons. The van der Waals surface area contributed by atoms with Crippen LogP contribution in [0.2, 0.25) is 0 Å². The van der Waals surface area contributed by atoms with E-state index in [9.17, 15) is 14.7 Å². The van der Waals surface area contributed by atoms with Crippen molar-refractivity contribution in [1.82, 2.24) is 4.98 Å². The molecule has 3 heterocycles. The molecule has 8 heteroatoms. The Morgan fingerprint density at radius 3 is 2.83 bits per heavy atom. The van der Waals surface area contributed by atoms with Gasteiger partial charge in [0.2, 0.25) is 0 Å². The van der Waals surface area contributed by atoms with Gasteiger partial charge in [0, 0.05) is 12.0 Å². The van der Waals surface area contributed by atoms with Crippen LogP contribution in [0.1, 0.15) is 55.0 Å². The molecule has 204 valence electrons. The highest BCUT2D eigenvalue weighted by molar-refractivity contribution is 7.22. The van der Waals surface area contributed by atoms with Gasteiger partial charge in [0.25, 0.3) is 5.78 Å². The smallest absolute Gasteiger partial charge is 0.301 e. The van der Waals surface area contributed by atoms with Crippen LogP contribution in [0.15, 0.2) is 66.2 Å². The lowest BCUT2D eigenvalue weighted by Crippen LogP contribution is -2.29. The number of anilines is 1. The number of hydrogen-bond donors (Lipinski definition) is 1. The van der Waals surface area contributed by atoms with Gasteiger partial charge in [-0.15, -0.1) is 0 Å². The summed E-state index contributed by atoms with van der Waals surface area (Å²) < 4.78 is 12.7. The standard InChI is InChI=1S/C32H30N2O5S/c1-4-5-13-38-23-8-6-7-20(17-23)28-27(29(35)21-10-12-25-22(16-21)15-19(3)39-25)30(36)31(37)34(28)32-33-24-11-9-18(2)14-26(24)40-32/h6-12,14,16-17,19,28,35H,4-5,13,15H2,1-3H3/b29-27+/t19-,28+/m0/s1. The summed E-state index contributed by atoms with van der Waals surface area (Å²) in [6.07, 6.45) is 2.66. The fourth-order valence-corrected chi connectivity index (χ4v) is 6.39. The zero-order valence-electron chi connectivity index (χ0n) is 22.6. The van der Waals surface area contributed by atoms with E-state index in [1.807, 2.05) is 62.4 Å². The van der Waals surface area contributed by atoms with Crippen molar-refractivity contribution in [2.24, 2.45) is 0 Å². The number of rotatable bonds is 7. The first-order chi connectivity index (χ1) is 19.3. The number of unbranched alkanes of at least 4 members (excludes halogenated alkanes) is 1. The summed E-state index contributed by atoms with van der Waals surface area (Å²) in [6, 6.07) is 17.8. The fraction of sp³-hybridized carbons (Fsp3) is 0.281. The Kier molecular flexibility index (Phi) is 6.80. The van der Waals surface area contributed by atoms with Gasteiger partial charge >= 0.3 is 5.91 Å². The largest absolute Gasteiger partial charge is 0.507 e. The van der Waals surface area contributed by atoms with Crippen molar-refractivity contribution in [3.05, 3.63) is 88.5 Å². The van der Waals surface area contributed by atoms with Crippen LogP contribution in [0.25, 0.3) is 16.0 Å². The van der Waals surface area contributed by atoms with Crippen molar-refractivity contribution < 1.29 is 24.2 Å². The number of ether oxygens (including phenoxy) is 2. The molecule has 0 bridgehead atoms. The van der Waals surface area contributed by atoms with Crippen molar-refractivity contribution in [2.45, 2.75) is 52.2 Å². The fourth-order valence-electron chi connectivity index (χ4n) is 5.30. The third-order valence-electron chi connectivity index (χ3n) is 7.29. The number of ketones is 1. The molecule has 2 atom stereocenters. The molecule has 0 aliphatic carbocycles. The molecule has 1 saturated heterocycles. The molecule has 4 aromatic rings. The zero-order valence-corrected chi connectivity index (χ0v) is 23.5. The Morgan fingerprint density at radius 2 is 2.00 bits per heavy atom. The van der Waals surface area contributed by atoms with Crippen LogP contribution in [0, 0.1) is 6.92 Å². The van der Waals surface area contributed by atoms with Crippen molar-refractivity contribution >= 4 is 44.1 Å². The quantitative estimate of drug-likeness (QED) is 0.118. The molecule has 2 aliphatic rings. The van der Waals surface area contributed by atoms with E-state index in [-0.39, 0.29) is 17.4 Å². The number of aliphatic hydroxyl groups is 1. The van der Waals surface area contributed by atoms with E-state index in [0.717, 1.165) is 39.9 Å². The second-order valence-corrected chi connectivity index (χ2v) is 11.4. The molecule has 1 fully saturated rings. The first-order valence-electron chi connectivity index (χ1n) is 13.5. The monoisotopic (exact) mass is 554 g/mol. The number of amides is 1. The van der Waals surface area contributed by atoms with E-state index in [1.165, 1.54) is 16.2 Å². The number of Topliss-reactive ketones (excluding diaryl/α,β-unsaturated/α-hetero) is 1. The van der Waals surface area contributed by atoms with Crippen LogP contribution in [0.5, 0.6) is 11.5 Å². The summed E-state index contributed by atoms with van der Waals surface area (Å²) in [6.45, 7) is 6.64. The molecule has 0 saturated carbocycles. The molecule has 2 aliphatic heterocycles. The Morgan fingerprint density at radius 1 is 1.15 bits per heavy atom. The van der Waals surface area contributed by atoms with Gasteiger partial charge in [0.15, 0.2) is 5.13 Å². The van der Waals surface area contributed by atoms with Crippen LogP contribution < -0.4 is 14.4 Å². The maximum Gasteiger partial charge on any atom is 0.301 e. The topological polar surface area (TPSA) is 89.0 Å². The van der Waals surface area contributed by atoms with Gasteiger partial charge in [-0.25, -0.2) is 4.98 Å². The lowest BCUT2D eigenvalue weighted by Gasteiger charge is -2.23. The average molecular weight is 555 g/mol. The van der Waals surface area contributed by atoms with E-state index in [2.05, 4.69) is 6.92 Å². The summed E-state index contributed by atoms with van der Waals surface area (Å²) in [5.41, 5.74) is 3.93. The number of nitrogens with zero attached hydrogens (tertiary/aromatic N) is 2. The predicted molar refractivity (Wildman–Crippen MR) is 156 cm³/mol. The minimum Gasteiger partial charge on any atom is -0.507 e. The van der Waals surface area contributed by atoms with Gasteiger partial charge in [0.05, 0.1) is 28.4 Å². The highest BCUT2D eigenvalue weighted by atomic mass is 32.1. The molecule has 40 heavy (non-hydrogen) atoms. The van der Waals surface area contributed by atoms with Crippen molar-refractivity contribution in [3.63, 3.8) is 0 Å². The van der Waals surface area contributed by atoms with E-state index in [4.69, 9.17) is 14.5 Å².